The number of ether oxygens (including phenoxy) is 1. The molecule has 0 aliphatic heterocycles. The summed E-state index contributed by atoms with van der Waals surface area (Å²) in [7, 11) is 3.29. The maximum Gasteiger partial charge on any atom is 0.165 e. The Morgan fingerprint density at radius 3 is 2.75 bits per heavy atom. The monoisotopic (exact) mass is 296 g/mol. The molecule has 0 saturated heterocycles. The van der Waals surface area contributed by atoms with Crippen molar-refractivity contribution in [2.45, 2.75) is 6.61 Å². The highest BCUT2D eigenvalue weighted by Crippen LogP contribution is 2.25. The van der Waals surface area contributed by atoms with Gasteiger partial charge in [0.1, 0.15) is 18.2 Å². The quantitative estimate of drug-likeness (QED) is 0.887. The summed E-state index contributed by atoms with van der Waals surface area (Å²) in [5.74, 6) is 1.03. The number of hydrogen-bond acceptors (Lipinski definition) is 5. The second-order valence-corrected chi connectivity index (χ2v) is 4.37. The topological polar surface area (TPSA) is 59.1 Å². The van der Waals surface area contributed by atoms with Crippen LogP contribution in [0.2, 0.25) is 5.02 Å². The molecule has 5 nitrogen and oxygen atoms in total. The van der Waals surface area contributed by atoms with Gasteiger partial charge in [0.05, 0.1) is 10.7 Å². The van der Waals surface area contributed by atoms with Crippen LogP contribution in [-0.4, -0.2) is 24.1 Å². The van der Waals surface area contributed by atoms with E-state index in [1.54, 1.807) is 32.4 Å². The molecule has 7 heteroatoms. The summed E-state index contributed by atoms with van der Waals surface area (Å²) in [4.78, 5) is 8.46. The summed E-state index contributed by atoms with van der Waals surface area (Å²) in [5, 5.41) is 5.84. The van der Waals surface area contributed by atoms with Crippen molar-refractivity contribution in [1.82, 2.24) is 9.97 Å². The number of hydrogen-bond donors (Lipinski definition) is 2. The predicted octanol–water partition coefficient (Wildman–Crippen LogP) is 3.20. The number of nitrogens with zero attached hydrogens (tertiary/aromatic N) is 2. The van der Waals surface area contributed by atoms with Crippen LogP contribution in [0.5, 0.6) is 0 Å². The van der Waals surface area contributed by atoms with Crippen LogP contribution in [0.25, 0.3) is 0 Å². The molecule has 0 fully saturated rings. The van der Waals surface area contributed by atoms with Crippen LogP contribution in [0, 0.1) is 5.82 Å². The predicted molar refractivity (Wildman–Crippen MR) is 77.0 cm³/mol. The van der Waals surface area contributed by atoms with Gasteiger partial charge in [0, 0.05) is 20.2 Å². The average Bonchev–Trinajstić information content (AvgIpc) is 2.44. The molecule has 0 atom stereocenters. The normalized spacial score (nSPS) is 10.4. The van der Waals surface area contributed by atoms with Gasteiger partial charge in [-0.3, -0.25) is 0 Å². The number of aromatic nitrogens is 2. The minimum Gasteiger partial charge on any atom is -0.377 e. The first-order chi connectivity index (χ1) is 9.63. The zero-order valence-corrected chi connectivity index (χ0v) is 11.8. The lowest BCUT2D eigenvalue weighted by Crippen LogP contribution is -2.05. The van der Waals surface area contributed by atoms with Gasteiger partial charge in [-0.15, -0.1) is 0 Å². The van der Waals surface area contributed by atoms with Gasteiger partial charge in [0.25, 0.3) is 0 Å². The van der Waals surface area contributed by atoms with Crippen molar-refractivity contribution >= 4 is 28.9 Å². The van der Waals surface area contributed by atoms with Crippen molar-refractivity contribution in [2.75, 3.05) is 24.8 Å². The molecule has 106 valence electrons. The summed E-state index contributed by atoms with van der Waals surface area (Å²) in [6.07, 6.45) is 0. The van der Waals surface area contributed by atoms with Gasteiger partial charge in [-0.2, -0.15) is 0 Å². The summed E-state index contributed by atoms with van der Waals surface area (Å²) in [5.41, 5.74) is 0.251. The third-order valence-corrected chi connectivity index (χ3v) is 2.81. The SMILES string of the molecule is CNc1cc(Nc2cccc(Cl)c2F)nc(COC)n1. The van der Waals surface area contributed by atoms with Gasteiger partial charge in [0.2, 0.25) is 0 Å². The maximum absolute atomic E-state index is 13.8. The maximum atomic E-state index is 13.8. The lowest BCUT2D eigenvalue weighted by Gasteiger charge is -2.10. The molecule has 0 aliphatic carbocycles. The zero-order valence-electron chi connectivity index (χ0n) is 11.1. The molecule has 0 aliphatic rings. The fourth-order valence-corrected chi connectivity index (χ4v) is 1.80. The van der Waals surface area contributed by atoms with Crippen LogP contribution in [0.1, 0.15) is 5.82 Å². The van der Waals surface area contributed by atoms with E-state index in [4.69, 9.17) is 16.3 Å². The van der Waals surface area contributed by atoms with Crippen LogP contribution in [-0.2, 0) is 11.3 Å². The van der Waals surface area contributed by atoms with Crippen LogP contribution < -0.4 is 10.6 Å². The molecule has 1 aromatic carbocycles. The zero-order chi connectivity index (χ0) is 14.5. The summed E-state index contributed by atoms with van der Waals surface area (Å²) in [6.45, 7) is 0.266. The first-order valence-electron chi connectivity index (χ1n) is 5.89. The minimum absolute atomic E-state index is 0.0509. The smallest absolute Gasteiger partial charge is 0.165 e. The minimum atomic E-state index is -0.521. The molecule has 1 heterocycles. The molecule has 2 aromatic rings. The molecule has 2 rings (SSSR count). The van der Waals surface area contributed by atoms with E-state index >= 15 is 0 Å². The molecule has 0 bridgehead atoms. The molecule has 0 unspecified atom stereocenters. The molecule has 0 amide bonds. The van der Waals surface area contributed by atoms with Gasteiger partial charge in [-0.1, -0.05) is 17.7 Å². The van der Waals surface area contributed by atoms with Gasteiger partial charge in [-0.05, 0) is 12.1 Å². The highest BCUT2D eigenvalue weighted by Gasteiger charge is 2.09. The lowest BCUT2D eigenvalue weighted by atomic mass is 10.3. The van der Waals surface area contributed by atoms with Crippen LogP contribution in [0.4, 0.5) is 21.7 Å². The number of anilines is 3. The Hall–Kier alpha value is -1.92. The summed E-state index contributed by atoms with van der Waals surface area (Å²) < 4.78 is 18.8. The van der Waals surface area contributed by atoms with E-state index in [1.165, 1.54) is 6.07 Å². The number of rotatable bonds is 5. The Labute approximate surface area is 121 Å². The number of nitrogens with one attached hydrogen (secondary N) is 2. The number of benzene rings is 1. The Balaban J connectivity index is 2.32. The Morgan fingerprint density at radius 2 is 2.05 bits per heavy atom. The van der Waals surface area contributed by atoms with Gasteiger partial charge >= 0.3 is 0 Å². The highest BCUT2D eigenvalue weighted by molar-refractivity contribution is 6.31. The first kappa shape index (κ1) is 14.5. The van der Waals surface area contributed by atoms with E-state index in [0.717, 1.165) is 0 Å². The average molecular weight is 297 g/mol. The molecule has 1 aromatic heterocycles. The Bertz CT molecular complexity index is 609. The Kier molecular flexibility index (Phi) is 4.70. The van der Waals surface area contributed by atoms with Gasteiger partial charge < -0.3 is 15.4 Å². The molecule has 0 radical (unpaired) electrons. The van der Waals surface area contributed by atoms with Crippen molar-refractivity contribution < 1.29 is 9.13 Å². The van der Waals surface area contributed by atoms with Crippen LogP contribution in [0.3, 0.4) is 0 Å². The van der Waals surface area contributed by atoms with E-state index < -0.39 is 5.82 Å². The lowest BCUT2D eigenvalue weighted by molar-refractivity contribution is 0.178. The van der Waals surface area contributed by atoms with Crippen molar-refractivity contribution in [3.63, 3.8) is 0 Å². The highest BCUT2D eigenvalue weighted by atomic mass is 35.5. The fourth-order valence-electron chi connectivity index (χ4n) is 1.62. The second-order valence-electron chi connectivity index (χ2n) is 3.96. The van der Waals surface area contributed by atoms with Crippen molar-refractivity contribution in [3.8, 4) is 0 Å². The molecular formula is C13H14ClFN4O. The van der Waals surface area contributed by atoms with Gasteiger partial charge in [-0.25, -0.2) is 14.4 Å². The number of methoxy groups -OCH3 is 1. The molecule has 0 spiro atoms. The van der Waals surface area contributed by atoms with Crippen molar-refractivity contribution in [1.29, 1.82) is 0 Å². The van der Waals surface area contributed by atoms with E-state index in [2.05, 4.69) is 20.6 Å². The molecule has 20 heavy (non-hydrogen) atoms. The van der Waals surface area contributed by atoms with Crippen molar-refractivity contribution in [3.05, 3.63) is 40.9 Å². The molecular weight excluding hydrogens is 283 g/mol. The molecule has 2 N–H and O–H groups in total. The summed E-state index contributed by atoms with van der Waals surface area (Å²) >= 11 is 5.74. The van der Waals surface area contributed by atoms with E-state index in [0.29, 0.717) is 17.5 Å². The molecule has 0 saturated carbocycles. The standard InChI is InChI=1S/C13H14ClFN4O/c1-16-10-6-11(19-12(18-10)7-20-2)17-9-5-3-4-8(14)13(9)15/h3-6H,7H2,1-2H3,(H2,16,17,18,19). The van der Waals surface area contributed by atoms with Crippen LogP contribution in [0.15, 0.2) is 24.3 Å². The van der Waals surface area contributed by atoms with E-state index in [1.807, 2.05) is 0 Å². The third kappa shape index (κ3) is 3.34. The van der Waals surface area contributed by atoms with E-state index in [9.17, 15) is 4.39 Å². The number of halogens is 2. The van der Waals surface area contributed by atoms with Crippen LogP contribution >= 0.6 is 11.6 Å². The van der Waals surface area contributed by atoms with E-state index in [-0.39, 0.29) is 17.3 Å². The first-order valence-corrected chi connectivity index (χ1v) is 6.27. The second kappa shape index (κ2) is 6.49. The largest absolute Gasteiger partial charge is 0.377 e. The Morgan fingerprint density at radius 1 is 1.30 bits per heavy atom. The van der Waals surface area contributed by atoms with Gasteiger partial charge in [0.15, 0.2) is 11.6 Å². The fraction of sp³-hybridized carbons (Fsp3) is 0.231. The summed E-state index contributed by atoms with van der Waals surface area (Å²) in [6, 6.07) is 6.39. The van der Waals surface area contributed by atoms with Crippen molar-refractivity contribution in [2.24, 2.45) is 0 Å². The third-order valence-electron chi connectivity index (χ3n) is 2.52.